The minimum absolute atomic E-state index is 0.170. The average Bonchev–Trinajstić information content (AvgIpc) is 2.98. The lowest BCUT2D eigenvalue weighted by molar-refractivity contribution is -0.493. The first-order valence-corrected chi connectivity index (χ1v) is 13.2. The summed E-state index contributed by atoms with van der Waals surface area (Å²) in [6.07, 6.45) is -16.2. The molecule has 0 amide bonds. The van der Waals surface area contributed by atoms with Gasteiger partial charge in [0.25, 0.3) is 0 Å². The number of phenols is 4. The Balaban J connectivity index is 1.81. The van der Waals surface area contributed by atoms with Gasteiger partial charge in [-0.2, -0.15) is 0 Å². The molecule has 2 aliphatic rings. The van der Waals surface area contributed by atoms with Gasteiger partial charge in [0.2, 0.25) is 28.4 Å². The van der Waals surface area contributed by atoms with E-state index >= 15 is 0 Å². The van der Waals surface area contributed by atoms with Crippen LogP contribution < -0.4 is 5.43 Å². The second-order valence-electron chi connectivity index (χ2n) is 10.9. The van der Waals surface area contributed by atoms with Crippen molar-refractivity contribution >= 4 is 11.0 Å². The number of hydrogen-bond acceptors (Lipinski definition) is 18. The Bertz CT molecular complexity index is 1710. The number of phenolic OH excluding ortho intramolecular Hbond substituents is 4. The van der Waals surface area contributed by atoms with Crippen molar-refractivity contribution in [3.8, 4) is 40.1 Å². The smallest absolute Gasteiger partial charge is 0.238 e. The highest BCUT2D eigenvalue weighted by Gasteiger charge is 2.78. The molecule has 0 bridgehead atoms. The summed E-state index contributed by atoms with van der Waals surface area (Å²) >= 11 is 0. The maximum atomic E-state index is 13.3. The lowest BCUT2D eigenvalue weighted by Gasteiger charge is -2.61. The van der Waals surface area contributed by atoms with Crippen molar-refractivity contribution in [1.29, 1.82) is 0 Å². The van der Waals surface area contributed by atoms with Gasteiger partial charge in [0.15, 0.2) is 17.3 Å². The Morgan fingerprint density at radius 3 is 2.02 bits per heavy atom. The standard InChI is InChI=1S/C27H30O18/c1-7-16(32)21(37)24(39)27(42,44-7)25(40)23(38)17(33)13(6-28)45-26(25,41)15-11(31)5-12-14(18(15)34)19(35)20(36)22(43-12)8-2-3-9(29)10(30)4-8/h2-5,7,13,16-17,21,23-24,28-34,36-42H,6H2,1H3/t7-,13+,16-,17+,21+,23-,24+,25+,26?,27?/m0/s1. The van der Waals surface area contributed by atoms with Crippen molar-refractivity contribution in [1.82, 2.24) is 0 Å². The van der Waals surface area contributed by atoms with E-state index in [1.54, 1.807) is 0 Å². The molecule has 3 aromatic rings. The number of benzene rings is 2. The highest BCUT2D eigenvalue weighted by Crippen LogP contribution is 2.57. The molecule has 0 saturated carbocycles. The van der Waals surface area contributed by atoms with E-state index in [4.69, 9.17) is 13.9 Å². The SMILES string of the molecule is C[C@@H]1OC(O)([C@@]2(O)[C@@H](O)[C@H](O)[C@@H](CO)OC2(O)c2c(O)cc3oc(-c4ccc(O)c(O)c4)c(O)c(=O)c3c2O)[C@H](O)[C@H](O)[C@H]1O. The van der Waals surface area contributed by atoms with Crippen LogP contribution in [0.3, 0.4) is 0 Å². The molecule has 2 aliphatic heterocycles. The molecule has 5 rings (SSSR count). The van der Waals surface area contributed by atoms with Gasteiger partial charge in [-0.1, -0.05) is 0 Å². The summed E-state index contributed by atoms with van der Waals surface area (Å²) in [4.78, 5) is 13.3. The average molecular weight is 643 g/mol. The van der Waals surface area contributed by atoms with Crippen LogP contribution in [0.2, 0.25) is 0 Å². The largest absolute Gasteiger partial charge is 0.507 e. The van der Waals surface area contributed by atoms with Crippen LogP contribution in [0.15, 0.2) is 33.5 Å². The van der Waals surface area contributed by atoms with Gasteiger partial charge in [0.1, 0.15) is 59.1 Å². The zero-order valence-electron chi connectivity index (χ0n) is 23.0. The van der Waals surface area contributed by atoms with E-state index in [-0.39, 0.29) is 5.56 Å². The molecule has 0 radical (unpaired) electrons. The van der Waals surface area contributed by atoms with Gasteiger partial charge >= 0.3 is 0 Å². The summed E-state index contributed by atoms with van der Waals surface area (Å²) in [5, 5.41) is 150. The molecule has 18 nitrogen and oxygen atoms in total. The third-order valence-electron chi connectivity index (χ3n) is 8.31. The first kappa shape index (κ1) is 32.6. The fraction of sp³-hybridized carbons (Fsp3) is 0.444. The Hall–Kier alpha value is -3.79. The van der Waals surface area contributed by atoms with Gasteiger partial charge in [0, 0.05) is 11.6 Å². The van der Waals surface area contributed by atoms with Gasteiger partial charge in [-0.15, -0.1) is 0 Å². The second kappa shape index (κ2) is 10.6. The summed E-state index contributed by atoms with van der Waals surface area (Å²) in [7, 11) is 0. The van der Waals surface area contributed by atoms with E-state index < -0.39 is 123 Å². The molecule has 10 atom stereocenters. The zero-order valence-corrected chi connectivity index (χ0v) is 23.0. The Morgan fingerprint density at radius 2 is 1.42 bits per heavy atom. The molecule has 2 unspecified atom stereocenters. The first-order valence-electron chi connectivity index (χ1n) is 13.2. The van der Waals surface area contributed by atoms with Gasteiger partial charge in [-0.3, -0.25) is 4.79 Å². The zero-order chi connectivity index (χ0) is 33.5. The first-order chi connectivity index (χ1) is 20.9. The molecular weight excluding hydrogens is 612 g/mol. The number of hydrogen-bond donors (Lipinski definition) is 14. The number of aliphatic hydroxyl groups is 9. The van der Waals surface area contributed by atoms with E-state index in [2.05, 4.69) is 0 Å². The summed E-state index contributed by atoms with van der Waals surface area (Å²) in [6, 6.07) is 3.56. The number of rotatable bonds is 4. The van der Waals surface area contributed by atoms with Crippen molar-refractivity contribution in [3.05, 3.63) is 40.1 Å². The van der Waals surface area contributed by atoms with Crippen LogP contribution in [-0.4, -0.2) is 132 Å². The Morgan fingerprint density at radius 1 is 0.778 bits per heavy atom. The molecule has 1 aromatic heterocycles. The lowest BCUT2D eigenvalue weighted by atomic mass is 9.67. The monoisotopic (exact) mass is 642 g/mol. The lowest BCUT2D eigenvalue weighted by Crippen LogP contribution is -2.85. The fourth-order valence-electron chi connectivity index (χ4n) is 5.82. The molecule has 45 heavy (non-hydrogen) atoms. The van der Waals surface area contributed by atoms with Crippen molar-refractivity contribution in [3.63, 3.8) is 0 Å². The number of aromatic hydroxyl groups is 5. The molecule has 2 fully saturated rings. The Kier molecular flexibility index (Phi) is 7.71. The quantitative estimate of drug-likeness (QED) is 0.121. The molecule has 14 N–H and O–H groups in total. The van der Waals surface area contributed by atoms with Crippen LogP contribution in [0.1, 0.15) is 12.5 Å². The molecule has 0 aliphatic carbocycles. The molecule has 2 aromatic carbocycles. The summed E-state index contributed by atoms with van der Waals surface area (Å²) in [6.45, 7) is -0.197. The van der Waals surface area contributed by atoms with Crippen LogP contribution in [0.4, 0.5) is 0 Å². The van der Waals surface area contributed by atoms with Crippen molar-refractivity contribution in [2.75, 3.05) is 6.61 Å². The van der Waals surface area contributed by atoms with Gasteiger partial charge in [0.05, 0.1) is 18.3 Å². The molecule has 0 spiro atoms. The fourth-order valence-corrected chi connectivity index (χ4v) is 5.82. The van der Waals surface area contributed by atoms with Crippen LogP contribution in [0.25, 0.3) is 22.3 Å². The summed E-state index contributed by atoms with van der Waals surface area (Å²) in [5.41, 5.74) is -7.85. The molecular formula is C27H30O18. The predicted molar refractivity (Wildman–Crippen MR) is 143 cm³/mol. The number of ether oxygens (including phenoxy) is 2. The maximum Gasteiger partial charge on any atom is 0.238 e. The highest BCUT2D eigenvalue weighted by atomic mass is 16.7. The molecule has 3 heterocycles. The molecule has 18 heteroatoms. The second-order valence-corrected chi connectivity index (χ2v) is 10.9. The third-order valence-corrected chi connectivity index (χ3v) is 8.31. The molecule has 246 valence electrons. The molecule has 2 saturated heterocycles. The van der Waals surface area contributed by atoms with E-state index in [9.17, 15) is 76.3 Å². The highest BCUT2D eigenvalue weighted by molar-refractivity contribution is 5.90. The van der Waals surface area contributed by atoms with Crippen molar-refractivity contribution in [2.45, 2.75) is 66.8 Å². The van der Waals surface area contributed by atoms with E-state index in [1.165, 1.54) is 0 Å². The van der Waals surface area contributed by atoms with E-state index in [0.717, 1.165) is 25.1 Å². The number of aliphatic hydroxyl groups excluding tert-OH is 6. The topological polar surface area (TPSA) is 332 Å². The van der Waals surface area contributed by atoms with Crippen LogP contribution in [0.5, 0.6) is 28.7 Å². The van der Waals surface area contributed by atoms with Crippen LogP contribution in [-0.2, 0) is 15.3 Å². The van der Waals surface area contributed by atoms with Gasteiger partial charge in [-0.05, 0) is 25.1 Å². The van der Waals surface area contributed by atoms with E-state index in [0.29, 0.717) is 6.07 Å². The van der Waals surface area contributed by atoms with Crippen LogP contribution in [0, 0.1) is 0 Å². The maximum absolute atomic E-state index is 13.3. The predicted octanol–water partition coefficient (Wildman–Crippen LogP) is -3.83. The Labute approximate surface area is 250 Å². The normalized spacial score (nSPS) is 37.2. The van der Waals surface area contributed by atoms with Crippen molar-refractivity contribution in [2.24, 2.45) is 0 Å². The van der Waals surface area contributed by atoms with Gasteiger partial charge < -0.3 is 85.4 Å². The van der Waals surface area contributed by atoms with Crippen molar-refractivity contribution < 1.29 is 85.4 Å². The summed E-state index contributed by atoms with van der Waals surface area (Å²) < 4.78 is 15.9. The van der Waals surface area contributed by atoms with Gasteiger partial charge in [-0.25, -0.2) is 0 Å². The van der Waals surface area contributed by atoms with Crippen LogP contribution >= 0.6 is 0 Å². The van der Waals surface area contributed by atoms with E-state index in [1.807, 2.05) is 0 Å². The minimum atomic E-state index is -4.06. The summed E-state index contributed by atoms with van der Waals surface area (Å²) in [5.74, 6) is -13.8. The number of fused-ring (bicyclic) bond motifs is 1. The minimum Gasteiger partial charge on any atom is -0.507 e. The third kappa shape index (κ3) is 4.27.